The molecule has 11 heteroatoms. The van der Waals surface area contributed by atoms with Crippen LogP contribution in [-0.2, 0) is 27.8 Å². The molecule has 42 heavy (non-hydrogen) atoms. The molecule has 10 nitrogen and oxygen atoms in total. The average molecular weight is 595 g/mol. The molecule has 4 N–H and O–H groups in total. The Labute approximate surface area is 247 Å². The number of nitrogens with two attached hydrogens (primary N) is 1. The summed E-state index contributed by atoms with van der Waals surface area (Å²) in [7, 11) is -3.47. The fraction of sp³-hybridized carbons (Fsp3) is 0.355. The number of amidine groups is 1. The minimum Gasteiger partial charge on any atom is -0.492 e. The van der Waals surface area contributed by atoms with E-state index in [1.54, 1.807) is 36.1 Å². The summed E-state index contributed by atoms with van der Waals surface area (Å²) in [5.41, 5.74) is 7.97. The van der Waals surface area contributed by atoms with Gasteiger partial charge in [-0.25, -0.2) is 17.9 Å². The van der Waals surface area contributed by atoms with Gasteiger partial charge in [0.25, 0.3) is 0 Å². The normalized spacial score (nSPS) is 14.6. The van der Waals surface area contributed by atoms with E-state index in [2.05, 4.69) is 4.72 Å². The molecule has 4 rings (SSSR count). The van der Waals surface area contributed by atoms with E-state index in [9.17, 15) is 13.2 Å². The van der Waals surface area contributed by atoms with Crippen molar-refractivity contribution in [2.75, 3.05) is 25.4 Å². The van der Waals surface area contributed by atoms with Crippen molar-refractivity contribution in [1.29, 1.82) is 5.41 Å². The zero-order chi connectivity index (χ0) is 30.0. The van der Waals surface area contributed by atoms with E-state index in [-0.39, 0.29) is 37.0 Å². The first-order valence-electron chi connectivity index (χ1n) is 14.0. The number of hydrogen-bond acceptors (Lipinski definition) is 7. The third-order valence-electron chi connectivity index (χ3n) is 6.94. The molecular formula is C31H38N4O6S. The Balaban J connectivity index is 1.27. The summed E-state index contributed by atoms with van der Waals surface area (Å²) >= 11 is 0. The SMILES string of the molecule is CCS(=O)(=O)N[C@H](COc1cccc(C(=N)N)c1)Cc1ccc(OC2CCN(C(=O)OCc3ccccc3)CC2)cc1. The summed E-state index contributed by atoms with van der Waals surface area (Å²) < 4.78 is 44.9. The van der Waals surface area contributed by atoms with E-state index >= 15 is 0 Å². The number of sulfonamides is 1. The van der Waals surface area contributed by atoms with Crippen LogP contribution in [0.15, 0.2) is 78.9 Å². The summed E-state index contributed by atoms with van der Waals surface area (Å²) in [4.78, 5) is 14.1. The lowest BCUT2D eigenvalue weighted by Gasteiger charge is -2.31. The summed E-state index contributed by atoms with van der Waals surface area (Å²) in [6.07, 6.45) is 1.48. The van der Waals surface area contributed by atoms with Crippen LogP contribution in [0.5, 0.6) is 11.5 Å². The first-order valence-corrected chi connectivity index (χ1v) is 15.6. The van der Waals surface area contributed by atoms with Crippen LogP contribution in [0.25, 0.3) is 0 Å². The number of amides is 1. The maximum atomic E-state index is 12.4. The Kier molecular flexibility index (Phi) is 10.8. The van der Waals surface area contributed by atoms with Gasteiger partial charge in [-0.2, -0.15) is 0 Å². The largest absolute Gasteiger partial charge is 0.492 e. The van der Waals surface area contributed by atoms with E-state index in [0.717, 1.165) is 11.1 Å². The van der Waals surface area contributed by atoms with Crippen LogP contribution in [0.4, 0.5) is 4.79 Å². The lowest BCUT2D eigenvalue weighted by molar-refractivity contribution is 0.0638. The van der Waals surface area contributed by atoms with E-state index in [0.29, 0.717) is 49.4 Å². The molecule has 1 atom stereocenters. The number of piperidine rings is 1. The molecule has 1 aliphatic heterocycles. The number of likely N-dealkylation sites (tertiary alicyclic amines) is 1. The number of benzene rings is 3. The van der Waals surface area contributed by atoms with Crippen LogP contribution in [-0.4, -0.2) is 62.8 Å². The predicted octanol–water partition coefficient (Wildman–Crippen LogP) is 4.08. The van der Waals surface area contributed by atoms with E-state index in [4.69, 9.17) is 25.4 Å². The second kappa shape index (κ2) is 14.7. The number of carbonyl (C=O) groups excluding carboxylic acids is 1. The molecule has 3 aromatic rings. The Bertz CT molecular complexity index is 1430. The van der Waals surface area contributed by atoms with Crippen molar-refractivity contribution < 1.29 is 27.4 Å². The number of nitrogen functional groups attached to an aromatic ring is 1. The fourth-order valence-corrected chi connectivity index (χ4v) is 5.40. The van der Waals surface area contributed by atoms with Crippen LogP contribution < -0.4 is 19.9 Å². The maximum absolute atomic E-state index is 12.4. The van der Waals surface area contributed by atoms with Gasteiger partial charge < -0.3 is 24.8 Å². The molecule has 1 aliphatic rings. The van der Waals surface area contributed by atoms with E-state index in [1.807, 2.05) is 54.6 Å². The van der Waals surface area contributed by atoms with E-state index < -0.39 is 16.1 Å². The quantitative estimate of drug-likeness (QED) is 0.200. The molecule has 0 aromatic heterocycles. The van der Waals surface area contributed by atoms with Gasteiger partial charge in [0.05, 0.1) is 11.8 Å². The maximum Gasteiger partial charge on any atom is 0.410 e. The van der Waals surface area contributed by atoms with Gasteiger partial charge >= 0.3 is 6.09 Å². The summed E-state index contributed by atoms with van der Waals surface area (Å²) in [6, 6.07) is 23.5. The predicted molar refractivity (Wildman–Crippen MR) is 161 cm³/mol. The molecule has 0 aliphatic carbocycles. The van der Waals surface area contributed by atoms with Crippen molar-refractivity contribution in [2.45, 2.75) is 44.9 Å². The van der Waals surface area contributed by atoms with Gasteiger partial charge in [-0.05, 0) is 48.7 Å². The molecule has 0 radical (unpaired) electrons. The van der Waals surface area contributed by atoms with Crippen LogP contribution in [0.2, 0.25) is 0 Å². The highest BCUT2D eigenvalue weighted by Gasteiger charge is 2.25. The molecule has 1 saturated heterocycles. The van der Waals surface area contributed by atoms with Gasteiger partial charge in [0, 0.05) is 31.5 Å². The second-order valence-electron chi connectivity index (χ2n) is 10.2. The molecule has 3 aromatic carbocycles. The van der Waals surface area contributed by atoms with Gasteiger partial charge in [0.1, 0.15) is 36.7 Å². The van der Waals surface area contributed by atoms with Crippen LogP contribution >= 0.6 is 0 Å². The van der Waals surface area contributed by atoms with Gasteiger partial charge in [0.15, 0.2) is 0 Å². The van der Waals surface area contributed by atoms with Gasteiger partial charge in [-0.3, -0.25) is 5.41 Å². The Morgan fingerprint density at radius 2 is 1.71 bits per heavy atom. The molecule has 0 spiro atoms. The Morgan fingerprint density at radius 3 is 2.38 bits per heavy atom. The standard InChI is InChI=1S/C31H38N4O6S/c1-2-42(37,38)34-26(22-39-29-10-6-9-25(20-29)30(32)33)19-23-11-13-27(14-12-23)41-28-15-17-35(18-16-28)31(36)40-21-24-7-4-3-5-8-24/h3-14,20,26,28,34H,2,15-19,21-22H2,1H3,(H3,32,33)/t26-/m0/s1. The minimum atomic E-state index is -3.47. The number of nitrogens with zero attached hydrogens (tertiary/aromatic N) is 1. The van der Waals surface area contributed by atoms with E-state index in [1.165, 1.54) is 0 Å². The zero-order valence-electron chi connectivity index (χ0n) is 23.7. The number of hydrogen-bond donors (Lipinski definition) is 3. The number of ether oxygens (including phenoxy) is 3. The van der Waals surface area contributed by atoms with Crippen molar-refractivity contribution >= 4 is 22.0 Å². The van der Waals surface area contributed by atoms with Crippen molar-refractivity contribution in [2.24, 2.45) is 5.73 Å². The summed E-state index contributed by atoms with van der Waals surface area (Å²) in [6.45, 7) is 3.06. The van der Waals surface area contributed by atoms with Crippen molar-refractivity contribution in [3.63, 3.8) is 0 Å². The Hall–Kier alpha value is -4.09. The lowest BCUT2D eigenvalue weighted by Crippen LogP contribution is -2.42. The summed E-state index contributed by atoms with van der Waals surface area (Å²) in [5, 5.41) is 7.61. The molecule has 224 valence electrons. The number of rotatable bonds is 13. The fourth-order valence-electron chi connectivity index (χ4n) is 4.57. The molecule has 1 fully saturated rings. The summed E-state index contributed by atoms with van der Waals surface area (Å²) in [5.74, 6) is 1.10. The Morgan fingerprint density at radius 1 is 1.00 bits per heavy atom. The average Bonchev–Trinajstić information content (AvgIpc) is 3.00. The highest BCUT2D eigenvalue weighted by atomic mass is 32.2. The van der Waals surface area contributed by atoms with Crippen molar-refractivity contribution in [3.05, 3.63) is 95.6 Å². The first-order chi connectivity index (χ1) is 20.2. The number of nitrogens with one attached hydrogen (secondary N) is 2. The van der Waals surface area contributed by atoms with Crippen molar-refractivity contribution in [1.82, 2.24) is 9.62 Å². The smallest absolute Gasteiger partial charge is 0.410 e. The molecule has 0 saturated carbocycles. The molecule has 0 unspecified atom stereocenters. The second-order valence-corrected chi connectivity index (χ2v) is 12.2. The van der Waals surface area contributed by atoms with Crippen molar-refractivity contribution in [3.8, 4) is 11.5 Å². The third kappa shape index (κ3) is 9.49. The van der Waals surface area contributed by atoms with Gasteiger partial charge in [0.2, 0.25) is 10.0 Å². The lowest BCUT2D eigenvalue weighted by atomic mass is 10.1. The van der Waals surface area contributed by atoms with Crippen LogP contribution in [0.1, 0.15) is 36.5 Å². The zero-order valence-corrected chi connectivity index (χ0v) is 24.5. The molecular weight excluding hydrogens is 556 g/mol. The van der Waals surface area contributed by atoms with Gasteiger partial charge in [-0.1, -0.05) is 54.6 Å². The number of carbonyl (C=O) groups is 1. The minimum absolute atomic E-state index is 0.0164. The van der Waals surface area contributed by atoms with Crippen LogP contribution in [0.3, 0.4) is 0 Å². The third-order valence-corrected chi connectivity index (χ3v) is 8.39. The monoisotopic (exact) mass is 594 g/mol. The van der Waals surface area contributed by atoms with Crippen LogP contribution in [0, 0.1) is 5.41 Å². The molecule has 1 heterocycles. The highest BCUT2D eigenvalue weighted by Crippen LogP contribution is 2.21. The molecule has 1 amide bonds. The topological polar surface area (TPSA) is 144 Å². The highest BCUT2D eigenvalue weighted by molar-refractivity contribution is 7.89. The first kappa shape index (κ1) is 30.9. The molecule has 0 bridgehead atoms. The van der Waals surface area contributed by atoms with Gasteiger partial charge in [-0.15, -0.1) is 0 Å².